The Morgan fingerprint density at radius 2 is 2.09 bits per heavy atom. The van der Waals surface area contributed by atoms with Crippen molar-refractivity contribution in [2.75, 3.05) is 13.1 Å². The first-order valence-corrected chi connectivity index (χ1v) is 4.68. The second-order valence-corrected chi connectivity index (χ2v) is 3.62. The van der Waals surface area contributed by atoms with E-state index in [1.807, 2.05) is 6.92 Å². The third kappa shape index (κ3) is 3.73. The summed E-state index contributed by atoms with van der Waals surface area (Å²) in [5, 5.41) is 12.4. The van der Waals surface area contributed by atoms with Gasteiger partial charge >= 0.3 is 0 Å². The van der Waals surface area contributed by atoms with Gasteiger partial charge in [0.25, 0.3) is 0 Å². The normalized spacial score (nSPS) is 23.5. The summed E-state index contributed by atoms with van der Waals surface area (Å²) in [6.45, 7) is 4.22. The number of hydrogen-bond acceptors (Lipinski definition) is 2. The topological polar surface area (TPSA) is 32.3 Å². The summed E-state index contributed by atoms with van der Waals surface area (Å²) in [5.41, 5.74) is 0. The zero-order chi connectivity index (χ0) is 8.10. The first-order chi connectivity index (χ1) is 5.29. The average molecular weight is 157 g/mol. The van der Waals surface area contributed by atoms with Gasteiger partial charge in [0.05, 0.1) is 6.10 Å². The third-order valence-electron chi connectivity index (χ3n) is 2.45. The number of piperidine rings is 1. The van der Waals surface area contributed by atoms with E-state index in [2.05, 4.69) is 5.32 Å². The maximum absolute atomic E-state index is 9.07. The molecule has 2 nitrogen and oxygen atoms in total. The molecule has 1 heterocycles. The number of aliphatic hydroxyl groups is 1. The fourth-order valence-electron chi connectivity index (χ4n) is 1.65. The molecule has 0 unspecified atom stereocenters. The van der Waals surface area contributed by atoms with E-state index in [0.29, 0.717) is 0 Å². The number of hydrogen-bond donors (Lipinski definition) is 2. The van der Waals surface area contributed by atoms with Crippen molar-refractivity contribution >= 4 is 0 Å². The Balaban J connectivity index is 2.05. The molecule has 2 heteroatoms. The Bertz CT molecular complexity index is 97.7. The Kier molecular flexibility index (Phi) is 3.87. The molecule has 1 rings (SSSR count). The van der Waals surface area contributed by atoms with Crippen molar-refractivity contribution in [1.82, 2.24) is 5.32 Å². The lowest BCUT2D eigenvalue weighted by molar-refractivity contribution is 0.168. The van der Waals surface area contributed by atoms with Crippen molar-refractivity contribution in [3.05, 3.63) is 0 Å². The second-order valence-electron chi connectivity index (χ2n) is 3.62. The SMILES string of the molecule is C[C@H](O)CCC1CCNCC1. The molecule has 66 valence electrons. The number of aliphatic hydroxyl groups excluding tert-OH is 1. The molecule has 0 spiro atoms. The minimum absolute atomic E-state index is 0.107. The Labute approximate surface area is 69.0 Å². The lowest BCUT2D eigenvalue weighted by Gasteiger charge is -2.22. The van der Waals surface area contributed by atoms with Gasteiger partial charge in [-0.1, -0.05) is 0 Å². The van der Waals surface area contributed by atoms with E-state index in [1.54, 1.807) is 0 Å². The van der Waals surface area contributed by atoms with E-state index < -0.39 is 0 Å². The van der Waals surface area contributed by atoms with Crippen molar-refractivity contribution in [3.63, 3.8) is 0 Å². The van der Waals surface area contributed by atoms with E-state index in [4.69, 9.17) is 5.11 Å². The molecule has 0 bridgehead atoms. The van der Waals surface area contributed by atoms with Crippen LogP contribution in [0.25, 0.3) is 0 Å². The van der Waals surface area contributed by atoms with E-state index in [1.165, 1.54) is 32.4 Å². The van der Waals surface area contributed by atoms with Gasteiger partial charge < -0.3 is 10.4 Å². The van der Waals surface area contributed by atoms with Crippen LogP contribution in [0.3, 0.4) is 0 Å². The molecule has 1 atom stereocenters. The molecule has 2 N–H and O–H groups in total. The van der Waals surface area contributed by atoms with E-state index in [0.717, 1.165) is 12.3 Å². The van der Waals surface area contributed by atoms with Crippen molar-refractivity contribution in [1.29, 1.82) is 0 Å². The molecular formula is C9H19NO. The van der Waals surface area contributed by atoms with Gasteiger partial charge in [0.2, 0.25) is 0 Å². The van der Waals surface area contributed by atoms with Gasteiger partial charge in [-0.3, -0.25) is 0 Å². The van der Waals surface area contributed by atoms with Gasteiger partial charge in [-0.25, -0.2) is 0 Å². The minimum atomic E-state index is -0.107. The molecular weight excluding hydrogens is 138 g/mol. The first kappa shape index (κ1) is 9.01. The van der Waals surface area contributed by atoms with Gasteiger partial charge in [0.1, 0.15) is 0 Å². The van der Waals surface area contributed by atoms with Crippen LogP contribution in [0.5, 0.6) is 0 Å². The van der Waals surface area contributed by atoms with Crippen LogP contribution in [0.15, 0.2) is 0 Å². The lowest BCUT2D eigenvalue weighted by atomic mass is 9.92. The van der Waals surface area contributed by atoms with Crippen LogP contribution < -0.4 is 5.32 Å². The van der Waals surface area contributed by atoms with Crippen molar-refractivity contribution in [3.8, 4) is 0 Å². The summed E-state index contributed by atoms with van der Waals surface area (Å²) in [6.07, 6.45) is 4.67. The minimum Gasteiger partial charge on any atom is -0.393 e. The third-order valence-corrected chi connectivity index (χ3v) is 2.45. The Morgan fingerprint density at radius 3 is 2.64 bits per heavy atom. The molecule has 0 aliphatic carbocycles. The van der Waals surface area contributed by atoms with Gasteiger partial charge in [-0.15, -0.1) is 0 Å². The van der Waals surface area contributed by atoms with Crippen LogP contribution >= 0.6 is 0 Å². The molecule has 1 fully saturated rings. The summed E-state index contributed by atoms with van der Waals surface area (Å²) in [5.74, 6) is 0.867. The fraction of sp³-hybridized carbons (Fsp3) is 1.00. The maximum Gasteiger partial charge on any atom is 0.0512 e. The quantitative estimate of drug-likeness (QED) is 0.644. The van der Waals surface area contributed by atoms with Crippen LogP contribution in [0.1, 0.15) is 32.6 Å². The van der Waals surface area contributed by atoms with Crippen LogP contribution in [-0.4, -0.2) is 24.3 Å². The average Bonchev–Trinajstić information content (AvgIpc) is 2.03. The fourth-order valence-corrected chi connectivity index (χ4v) is 1.65. The molecule has 0 radical (unpaired) electrons. The maximum atomic E-state index is 9.07. The highest BCUT2D eigenvalue weighted by molar-refractivity contribution is 4.68. The first-order valence-electron chi connectivity index (χ1n) is 4.68. The highest BCUT2D eigenvalue weighted by Gasteiger charge is 2.12. The van der Waals surface area contributed by atoms with Crippen molar-refractivity contribution in [2.24, 2.45) is 5.92 Å². The summed E-state index contributed by atoms with van der Waals surface area (Å²) >= 11 is 0. The standard InChI is InChI=1S/C9H19NO/c1-8(11)2-3-9-4-6-10-7-5-9/h8-11H,2-7H2,1H3/t8-/m0/s1. The van der Waals surface area contributed by atoms with Gasteiger partial charge in [0, 0.05) is 0 Å². The molecule has 1 aliphatic rings. The van der Waals surface area contributed by atoms with Gasteiger partial charge in [-0.05, 0) is 51.6 Å². The number of rotatable bonds is 3. The highest BCUT2D eigenvalue weighted by atomic mass is 16.3. The predicted molar refractivity (Wildman–Crippen MR) is 46.5 cm³/mol. The lowest BCUT2D eigenvalue weighted by Crippen LogP contribution is -2.28. The molecule has 0 aromatic carbocycles. The number of nitrogens with one attached hydrogen (secondary N) is 1. The van der Waals surface area contributed by atoms with Crippen LogP contribution in [0.2, 0.25) is 0 Å². The molecule has 0 saturated carbocycles. The second kappa shape index (κ2) is 4.73. The summed E-state index contributed by atoms with van der Waals surface area (Å²) in [4.78, 5) is 0. The van der Waals surface area contributed by atoms with E-state index in [9.17, 15) is 0 Å². The molecule has 1 saturated heterocycles. The molecule has 0 amide bonds. The zero-order valence-electron chi connectivity index (χ0n) is 7.34. The van der Waals surface area contributed by atoms with Crippen LogP contribution in [-0.2, 0) is 0 Å². The Hall–Kier alpha value is -0.0800. The summed E-state index contributed by atoms with van der Waals surface area (Å²) in [7, 11) is 0. The zero-order valence-corrected chi connectivity index (χ0v) is 7.34. The largest absolute Gasteiger partial charge is 0.393 e. The van der Waals surface area contributed by atoms with E-state index in [-0.39, 0.29) is 6.10 Å². The van der Waals surface area contributed by atoms with E-state index >= 15 is 0 Å². The highest BCUT2D eigenvalue weighted by Crippen LogP contribution is 2.18. The Morgan fingerprint density at radius 1 is 1.45 bits per heavy atom. The van der Waals surface area contributed by atoms with Crippen molar-refractivity contribution in [2.45, 2.75) is 38.7 Å². The van der Waals surface area contributed by atoms with Gasteiger partial charge in [0.15, 0.2) is 0 Å². The summed E-state index contributed by atoms with van der Waals surface area (Å²) in [6, 6.07) is 0. The summed E-state index contributed by atoms with van der Waals surface area (Å²) < 4.78 is 0. The monoisotopic (exact) mass is 157 g/mol. The van der Waals surface area contributed by atoms with Gasteiger partial charge in [-0.2, -0.15) is 0 Å². The van der Waals surface area contributed by atoms with Crippen molar-refractivity contribution < 1.29 is 5.11 Å². The van der Waals surface area contributed by atoms with Crippen LogP contribution in [0.4, 0.5) is 0 Å². The molecule has 0 aromatic rings. The molecule has 1 aliphatic heterocycles. The predicted octanol–water partition coefficient (Wildman–Crippen LogP) is 1.15. The molecule has 0 aromatic heterocycles. The smallest absolute Gasteiger partial charge is 0.0512 e. The molecule has 11 heavy (non-hydrogen) atoms. The van der Waals surface area contributed by atoms with Crippen LogP contribution in [0, 0.1) is 5.92 Å².